The van der Waals surface area contributed by atoms with Crippen molar-refractivity contribution < 1.29 is 4.74 Å². The first kappa shape index (κ1) is 11.4. The van der Waals surface area contributed by atoms with Gasteiger partial charge in [-0.2, -0.15) is 0 Å². The second-order valence-electron chi connectivity index (χ2n) is 2.28. The van der Waals surface area contributed by atoms with E-state index in [0.29, 0.717) is 0 Å². The van der Waals surface area contributed by atoms with Crippen LogP contribution in [-0.2, 0) is 0 Å². The molecule has 0 atom stereocenters. The van der Waals surface area contributed by atoms with Crippen molar-refractivity contribution in [3.8, 4) is 16.9 Å². The molecule has 0 fully saturated rings. The molecule has 0 heterocycles. The van der Waals surface area contributed by atoms with Crippen LogP contribution in [0.1, 0.15) is 0 Å². The van der Waals surface area contributed by atoms with Gasteiger partial charge in [-0.25, -0.2) is 4.99 Å². The van der Waals surface area contributed by atoms with E-state index in [1.807, 2.05) is 24.3 Å². The van der Waals surface area contributed by atoms with Crippen LogP contribution in [0.4, 0.5) is 5.69 Å². The van der Waals surface area contributed by atoms with Crippen molar-refractivity contribution in [1.82, 2.24) is 0 Å². The maximum Gasteiger partial charge on any atom is 0.119 e. The summed E-state index contributed by atoms with van der Waals surface area (Å²) in [5.74, 6) is 3.63. The Morgan fingerprint density at radius 3 is 2.71 bits per heavy atom. The summed E-state index contributed by atoms with van der Waals surface area (Å²) in [4.78, 5) is 4.15. The topological polar surface area (TPSA) is 21.6 Å². The zero-order valence-electron chi connectivity index (χ0n) is 7.53. The number of hydrogen-bond acceptors (Lipinski definition) is 3. The molecule has 2 nitrogen and oxygen atoms in total. The smallest absolute Gasteiger partial charge is 0.119 e. The summed E-state index contributed by atoms with van der Waals surface area (Å²) in [6.45, 7) is 0. The summed E-state index contributed by atoms with van der Waals surface area (Å²) in [6, 6.07) is 7.50. The Balaban J connectivity index is 2.64. The van der Waals surface area contributed by atoms with Crippen LogP contribution in [0.3, 0.4) is 0 Å². The van der Waals surface area contributed by atoms with Gasteiger partial charge in [0.15, 0.2) is 0 Å². The second kappa shape index (κ2) is 6.74. The largest absolute Gasteiger partial charge is 0.497 e. The van der Waals surface area contributed by atoms with E-state index in [1.165, 1.54) is 8.93 Å². The molecule has 0 amide bonds. The molecule has 0 saturated heterocycles. The first-order valence-corrected chi connectivity index (χ1v) is 7.17. The van der Waals surface area contributed by atoms with E-state index in [2.05, 4.69) is 37.4 Å². The number of nitrogens with zero attached hydrogens (tertiary/aromatic N) is 1. The molecular weight excluding hydrogens is 309 g/mol. The van der Waals surface area contributed by atoms with Crippen molar-refractivity contribution >= 4 is 42.0 Å². The zero-order chi connectivity index (χ0) is 10.2. The van der Waals surface area contributed by atoms with Gasteiger partial charge < -0.3 is 4.74 Å². The maximum atomic E-state index is 5.03. The van der Waals surface area contributed by atoms with Gasteiger partial charge in [0, 0.05) is 21.2 Å². The van der Waals surface area contributed by atoms with Gasteiger partial charge in [-0.15, -0.1) is 0 Å². The molecule has 0 N–H and O–H groups in total. The summed E-state index contributed by atoms with van der Waals surface area (Å²) < 4.78 is 5.03. The summed E-state index contributed by atoms with van der Waals surface area (Å²) in [5, 5.41) is 2.82. The van der Waals surface area contributed by atoms with E-state index in [-0.39, 0.29) is 0 Å². The van der Waals surface area contributed by atoms with E-state index in [9.17, 15) is 0 Å². The Labute approximate surface area is 99.7 Å². The van der Waals surface area contributed by atoms with Crippen molar-refractivity contribution in [3.63, 3.8) is 0 Å². The van der Waals surface area contributed by atoms with Gasteiger partial charge in [0.1, 0.15) is 5.75 Å². The van der Waals surface area contributed by atoms with Crippen LogP contribution in [-0.4, -0.2) is 13.3 Å². The summed E-state index contributed by atoms with van der Waals surface area (Å²) >= 11 is 2.12. The lowest BCUT2D eigenvalue weighted by molar-refractivity contribution is 0.415. The molecule has 0 bridgehead atoms. The highest BCUT2D eigenvalue weighted by Gasteiger charge is 1.89. The van der Waals surface area contributed by atoms with E-state index in [0.717, 1.165) is 11.4 Å². The molecule has 4 heteroatoms. The monoisotopic (exact) mass is 317 g/mol. The first-order chi connectivity index (χ1) is 6.86. The molecule has 72 valence electrons. The average Bonchev–Trinajstić information content (AvgIpc) is 2.25. The third-order valence-electron chi connectivity index (χ3n) is 1.45. The minimum absolute atomic E-state index is 0.831. The normalized spacial score (nSPS) is 9.57. The number of benzene rings is 1. The zero-order valence-corrected chi connectivity index (χ0v) is 10.5. The van der Waals surface area contributed by atoms with Crippen LogP contribution in [0.2, 0.25) is 0 Å². The lowest BCUT2D eigenvalue weighted by atomic mass is 10.3. The van der Waals surface area contributed by atoms with E-state index >= 15 is 0 Å². The van der Waals surface area contributed by atoms with Crippen molar-refractivity contribution in [2.24, 2.45) is 4.99 Å². The van der Waals surface area contributed by atoms with Crippen molar-refractivity contribution in [1.29, 1.82) is 0 Å². The van der Waals surface area contributed by atoms with Crippen LogP contribution in [0.25, 0.3) is 0 Å². The maximum absolute atomic E-state index is 5.03. The predicted octanol–water partition coefficient (Wildman–Crippen LogP) is 3.44. The predicted molar refractivity (Wildman–Crippen MR) is 70.5 cm³/mol. The van der Waals surface area contributed by atoms with Gasteiger partial charge >= 0.3 is 0 Å². The van der Waals surface area contributed by atoms with Crippen LogP contribution < -0.4 is 4.74 Å². The van der Waals surface area contributed by atoms with Gasteiger partial charge in [-0.3, -0.25) is 0 Å². The van der Waals surface area contributed by atoms with Gasteiger partial charge in [-0.05, 0) is 44.4 Å². The summed E-state index contributed by atoms with van der Waals surface area (Å²) in [5.41, 5.74) is 0.874. The summed E-state index contributed by atoms with van der Waals surface area (Å²) in [6.07, 6.45) is 1.59. The molecule has 14 heavy (non-hydrogen) atoms. The van der Waals surface area contributed by atoms with Crippen molar-refractivity contribution in [3.05, 3.63) is 24.3 Å². The third kappa shape index (κ3) is 4.03. The Morgan fingerprint density at radius 2 is 2.14 bits per heavy atom. The van der Waals surface area contributed by atoms with Gasteiger partial charge in [0.05, 0.1) is 19.0 Å². The SMILES string of the molecule is COc1ccc(N=CC#CSI)cc1. The number of halogens is 1. The molecule has 1 aromatic rings. The number of hydrogen-bond donors (Lipinski definition) is 0. The number of methoxy groups -OCH3 is 1. The van der Waals surface area contributed by atoms with Crippen LogP contribution in [0, 0.1) is 11.2 Å². The van der Waals surface area contributed by atoms with Crippen LogP contribution in [0.15, 0.2) is 29.3 Å². The fourth-order valence-corrected chi connectivity index (χ4v) is 1.30. The molecule has 0 radical (unpaired) electrons. The Kier molecular flexibility index (Phi) is 5.49. The van der Waals surface area contributed by atoms with E-state index in [1.54, 1.807) is 13.3 Å². The molecule has 0 saturated carbocycles. The minimum Gasteiger partial charge on any atom is -0.497 e. The molecule has 0 aliphatic heterocycles. The molecule has 0 aromatic heterocycles. The third-order valence-corrected chi connectivity index (χ3v) is 2.30. The fourth-order valence-electron chi connectivity index (χ4n) is 0.824. The average molecular weight is 317 g/mol. The highest BCUT2D eigenvalue weighted by Crippen LogP contribution is 2.16. The van der Waals surface area contributed by atoms with Gasteiger partial charge in [0.2, 0.25) is 0 Å². The number of aliphatic imine (C=N–C) groups is 1. The minimum atomic E-state index is 0.831. The lowest BCUT2D eigenvalue weighted by Crippen LogP contribution is -1.79. The van der Waals surface area contributed by atoms with Gasteiger partial charge in [0.25, 0.3) is 0 Å². The molecular formula is C10H8INOS. The van der Waals surface area contributed by atoms with Crippen LogP contribution >= 0.6 is 30.1 Å². The van der Waals surface area contributed by atoms with Crippen molar-refractivity contribution in [2.75, 3.05) is 7.11 Å². The second-order valence-corrected chi connectivity index (χ2v) is 3.96. The highest BCUT2D eigenvalue weighted by molar-refractivity contribution is 14.2. The molecule has 1 rings (SSSR count). The molecule has 0 unspecified atom stereocenters. The first-order valence-electron chi connectivity index (χ1n) is 3.81. The Morgan fingerprint density at radius 1 is 1.43 bits per heavy atom. The number of ether oxygens (including phenoxy) is 1. The lowest BCUT2D eigenvalue weighted by Gasteiger charge is -1.97. The summed E-state index contributed by atoms with van der Waals surface area (Å²) in [7, 11) is 3.08. The molecule has 0 aliphatic carbocycles. The Bertz CT molecular complexity index is 364. The molecule has 0 aliphatic rings. The Hall–Kier alpha value is -0.670. The van der Waals surface area contributed by atoms with Gasteiger partial charge in [-0.1, -0.05) is 0 Å². The van der Waals surface area contributed by atoms with E-state index in [4.69, 9.17) is 4.74 Å². The quantitative estimate of drug-likeness (QED) is 0.473. The van der Waals surface area contributed by atoms with Crippen molar-refractivity contribution in [2.45, 2.75) is 0 Å². The fraction of sp³-hybridized carbons (Fsp3) is 0.100. The highest BCUT2D eigenvalue weighted by atomic mass is 127. The molecule has 0 spiro atoms. The van der Waals surface area contributed by atoms with Crippen LogP contribution in [0.5, 0.6) is 5.75 Å². The number of rotatable bonds is 2. The molecule has 1 aromatic carbocycles. The standard InChI is InChI=1S/C10H8INOS/c1-13-10-5-3-9(4-6-10)12-7-2-8-14-11/h3-7H,1H3. The van der Waals surface area contributed by atoms with E-state index < -0.39 is 0 Å².